The lowest BCUT2D eigenvalue weighted by molar-refractivity contribution is 0.0949. The van der Waals surface area contributed by atoms with Gasteiger partial charge in [-0.05, 0) is 36.8 Å². The minimum absolute atomic E-state index is 0.00263. The number of fused-ring (bicyclic) bond motifs is 2. The predicted molar refractivity (Wildman–Crippen MR) is 128 cm³/mol. The van der Waals surface area contributed by atoms with Gasteiger partial charge in [0.05, 0.1) is 34.3 Å². The fraction of sp³-hybridized carbons (Fsp3) is 0.0833. The van der Waals surface area contributed by atoms with Crippen molar-refractivity contribution in [1.82, 2.24) is 15.3 Å². The van der Waals surface area contributed by atoms with E-state index in [0.717, 1.165) is 16.6 Å². The van der Waals surface area contributed by atoms with Gasteiger partial charge in [-0.2, -0.15) is 0 Å². The van der Waals surface area contributed by atoms with Gasteiger partial charge in [0, 0.05) is 23.2 Å². The number of halogens is 2. The van der Waals surface area contributed by atoms with Crippen molar-refractivity contribution in [2.45, 2.75) is 6.92 Å². The van der Waals surface area contributed by atoms with Gasteiger partial charge >= 0.3 is 0 Å². The Morgan fingerprint density at radius 2 is 1.91 bits per heavy atom. The second kappa shape index (κ2) is 8.27. The van der Waals surface area contributed by atoms with E-state index in [2.05, 4.69) is 20.6 Å². The molecule has 0 atom stereocenters. The Kier molecular flexibility index (Phi) is 5.25. The maximum atomic E-state index is 14.5. The van der Waals surface area contributed by atoms with Crippen LogP contribution >= 0.6 is 11.6 Å². The molecule has 4 N–H and O–H groups in total. The standard InChI is InChI=1S/C24H18ClFN6O2/c1-12-5-6-14-13(7-10-29-23(14)31-17-4-2-3-16(25)18(17)26)20(12)32-11-30-24(34)15-8-9-28-19(21(15)32)22(27)33/h2-10H,11H2,1H3,(H2,27,33)(H,29,31)(H,30,34). The van der Waals surface area contributed by atoms with E-state index in [-0.39, 0.29) is 29.0 Å². The highest BCUT2D eigenvalue weighted by Gasteiger charge is 2.31. The first-order valence-electron chi connectivity index (χ1n) is 10.3. The summed E-state index contributed by atoms with van der Waals surface area (Å²) in [5.41, 5.74) is 8.00. The number of nitrogens with two attached hydrogens (primary N) is 1. The van der Waals surface area contributed by atoms with Crippen molar-refractivity contribution in [3.63, 3.8) is 0 Å². The Morgan fingerprint density at radius 1 is 1.12 bits per heavy atom. The minimum Gasteiger partial charge on any atom is -0.364 e. The molecular weight excluding hydrogens is 459 g/mol. The summed E-state index contributed by atoms with van der Waals surface area (Å²) in [7, 11) is 0. The molecule has 0 radical (unpaired) electrons. The summed E-state index contributed by atoms with van der Waals surface area (Å²) in [5, 5.41) is 7.30. The molecular formula is C24H18ClFN6O2. The topological polar surface area (TPSA) is 113 Å². The van der Waals surface area contributed by atoms with Gasteiger partial charge in [-0.15, -0.1) is 0 Å². The number of anilines is 4. The summed E-state index contributed by atoms with van der Waals surface area (Å²) in [4.78, 5) is 35.0. The summed E-state index contributed by atoms with van der Waals surface area (Å²) < 4.78 is 14.5. The molecule has 0 fully saturated rings. The van der Waals surface area contributed by atoms with Crippen LogP contribution in [0.5, 0.6) is 0 Å². The number of hydrogen-bond donors (Lipinski definition) is 3. The van der Waals surface area contributed by atoms with Crippen LogP contribution in [0.15, 0.2) is 54.9 Å². The van der Waals surface area contributed by atoms with Gasteiger partial charge in [0.25, 0.3) is 11.8 Å². The second-order valence-electron chi connectivity index (χ2n) is 7.72. The molecule has 2 aromatic heterocycles. The molecule has 0 unspecified atom stereocenters. The molecule has 0 saturated carbocycles. The minimum atomic E-state index is -0.741. The summed E-state index contributed by atoms with van der Waals surface area (Å²) in [6, 6.07) is 11.8. The maximum Gasteiger partial charge on any atom is 0.269 e. The van der Waals surface area contributed by atoms with E-state index in [0.29, 0.717) is 22.5 Å². The monoisotopic (exact) mass is 476 g/mol. The number of nitrogens with zero attached hydrogens (tertiary/aromatic N) is 3. The average molecular weight is 477 g/mol. The normalized spacial score (nSPS) is 12.9. The van der Waals surface area contributed by atoms with Gasteiger partial charge in [0.2, 0.25) is 0 Å². The molecule has 10 heteroatoms. The molecule has 3 heterocycles. The van der Waals surface area contributed by atoms with E-state index in [1.54, 1.807) is 29.3 Å². The summed E-state index contributed by atoms with van der Waals surface area (Å²) in [6.45, 7) is 2.01. The lowest BCUT2D eigenvalue weighted by Gasteiger charge is -2.34. The van der Waals surface area contributed by atoms with E-state index >= 15 is 0 Å². The molecule has 1 aliphatic heterocycles. The molecule has 0 bridgehead atoms. The van der Waals surface area contributed by atoms with Crippen LogP contribution in [0.4, 0.5) is 27.3 Å². The van der Waals surface area contributed by atoms with Gasteiger partial charge in [-0.25, -0.2) is 14.4 Å². The third kappa shape index (κ3) is 3.46. The Labute approximate surface area is 198 Å². The van der Waals surface area contributed by atoms with Crippen molar-refractivity contribution in [3.8, 4) is 0 Å². The molecule has 1 aliphatic rings. The Hall–Kier alpha value is -4.24. The van der Waals surface area contributed by atoms with Crippen molar-refractivity contribution in [2.24, 2.45) is 5.73 Å². The van der Waals surface area contributed by atoms with Crippen molar-refractivity contribution >= 4 is 57.1 Å². The molecule has 2 aromatic carbocycles. The van der Waals surface area contributed by atoms with Crippen LogP contribution in [0.2, 0.25) is 5.02 Å². The predicted octanol–water partition coefficient (Wildman–Crippen LogP) is 4.41. The quantitative estimate of drug-likeness (QED) is 0.402. The van der Waals surface area contributed by atoms with E-state index in [1.807, 2.05) is 25.1 Å². The number of nitrogens with one attached hydrogen (secondary N) is 2. The van der Waals surface area contributed by atoms with Gasteiger partial charge in [-0.1, -0.05) is 29.8 Å². The van der Waals surface area contributed by atoms with Crippen molar-refractivity contribution < 1.29 is 14.0 Å². The van der Waals surface area contributed by atoms with E-state index in [1.165, 1.54) is 12.3 Å². The number of aromatic nitrogens is 2. The highest BCUT2D eigenvalue weighted by Crippen LogP contribution is 2.41. The summed E-state index contributed by atoms with van der Waals surface area (Å²) in [5.74, 6) is -1.23. The number of aryl methyl sites for hydroxylation is 1. The second-order valence-corrected chi connectivity index (χ2v) is 8.13. The molecule has 5 rings (SSSR count). The summed E-state index contributed by atoms with van der Waals surface area (Å²) >= 11 is 5.93. The number of carbonyl (C=O) groups excluding carboxylic acids is 2. The number of primary amides is 1. The Bertz CT molecular complexity index is 1480. The number of rotatable bonds is 4. The molecule has 170 valence electrons. The lowest BCUT2D eigenvalue weighted by Crippen LogP contribution is -2.42. The van der Waals surface area contributed by atoms with E-state index in [9.17, 15) is 14.0 Å². The molecule has 0 aliphatic carbocycles. The number of amides is 2. The van der Waals surface area contributed by atoms with Gasteiger partial charge in [-0.3, -0.25) is 9.59 Å². The van der Waals surface area contributed by atoms with Crippen LogP contribution < -0.4 is 21.3 Å². The van der Waals surface area contributed by atoms with Crippen LogP contribution in [-0.2, 0) is 0 Å². The first-order chi connectivity index (χ1) is 16.4. The average Bonchev–Trinajstić information content (AvgIpc) is 2.82. The van der Waals surface area contributed by atoms with Gasteiger partial charge < -0.3 is 21.3 Å². The maximum absolute atomic E-state index is 14.5. The van der Waals surface area contributed by atoms with Crippen LogP contribution in [-0.4, -0.2) is 28.5 Å². The highest BCUT2D eigenvalue weighted by molar-refractivity contribution is 6.31. The van der Waals surface area contributed by atoms with Gasteiger partial charge in [0.1, 0.15) is 5.82 Å². The van der Waals surface area contributed by atoms with Crippen LogP contribution in [0, 0.1) is 12.7 Å². The largest absolute Gasteiger partial charge is 0.364 e. The molecule has 2 amide bonds. The number of benzene rings is 2. The van der Waals surface area contributed by atoms with E-state index < -0.39 is 11.7 Å². The zero-order valence-corrected chi connectivity index (χ0v) is 18.7. The molecule has 0 spiro atoms. The fourth-order valence-corrected chi connectivity index (χ4v) is 4.32. The molecule has 0 saturated heterocycles. The third-order valence-corrected chi connectivity index (χ3v) is 5.96. The van der Waals surface area contributed by atoms with Gasteiger partial charge in [0.15, 0.2) is 11.5 Å². The van der Waals surface area contributed by atoms with Crippen LogP contribution in [0.25, 0.3) is 10.8 Å². The summed E-state index contributed by atoms with van der Waals surface area (Å²) in [6.07, 6.45) is 2.97. The molecule has 8 nitrogen and oxygen atoms in total. The fourth-order valence-electron chi connectivity index (χ4n) is 4.14. The van der Waals surface area contributed by atoms with Crippen molar-refractivity contribution in [2.75, 3.05) is 16.9 Å². The Morgan fingerprint density at radius 3 is 2.71 bits per heavy atom. The third-order valence-electron chi connectivity index (χ3n) is 5.66. The van der Waals surface area contributed by atoms with E-state index in [4.69, 9.17) is 17.3 Å². The smallest absolute Gasteiger partial charge is 0.269 e. The zero-order chi connectivity index (χ0) is 24.0. The number of hydrogen-bond acceptors (Lipinski definition) is 6. The van der Waals surface area contributed by atoms with Crippen LogP contribution in [0.3, 0.4) is 0 Å². The van der Waals surface area contributed by atoms with Crippen LogP contribution in [0.1, 0.15) is 26.4 Å². The van der Waals surface area contributed by atoms with Crippen molar-refractivity contribution in [3.05, 3.63) is 82.5 Å². The zero-order valence-electron chi connectivity index (χ0n) is 17.9. The number of carbonyl (C=O) groups is 2. The molecule has 34 heavy (non-hydrogen) atoms. The lowest BCUT2D eigenvalue weighted by atomic mass is 10.0. The highest BCUT2D eigenvalue weighted by atomic mass is 35.5. The first kappa shape index (κ1) is 21.6. The SMILES string of the molecule is Cc1ccc2c(Nc3cccc(Cl)c3F)nccc2c1N1CNC(=O)c2ccnc(C(N)=O)c21. The van der Waals surface area contributed by atoms with Crippen molar-refractivity contribution in [1.29, 1.82) is 0 Å². The number of pyridine rings is 2. The molecule has 4 aromatic rings. The Balaban J connectivity index is 1.71. The first-order valence-corrected chi connectivity index (χ1v) is 10.7.